The Morgan fingerprint density at radius 1 is 1.38 bits per heavy atom. The lowest BCUT2D eigenvalue weighted by Crippen LogP contribution is -2.37. The third kappa shape index (κ3) is 2.37. The summed E-state index contributed by atoms with van der Waals surface area (Å²) in [4.78, 5) is 30.5. The Balaban J connectivity index is 1.84. The van der Waals surface area contributed by atoms with Gasteiger partial charge < -0.3 is 0 Å². The molecule has 1 atom stereocenters. The summed E-state index contributed by atoms with van der Waals surface area (Å²) in [7, 11) is 0. The van der Waals surface area contributed by atoms with Crippen molar-refractivity contribution < 1.29 is 9.59 Å². The second-order valence-electron chi connectivity index (χ2n) is 6.80. The number of imide groups is 1. The van der Waals surface area contributed by atoms with E-state index in [4.69, 9.17) is 0 Å². The van der Waals surface area contributed by atoms with Crippen molar-refractivity contribution >= 4 is 23.6 Å². The van der Waals surface area contributed by atoms with Gasteiger partial charge in [-0.25, -0.2) is 9.67 Å². The number of thioether (sulfide) groups is 1. The Bertz CT molecular complexity index is 584. The van der Waals surface area contributed by atoms with E-state index in [0.29, 0.717) is 12.2 Å². The maximum Gasteiger partial charge on any atom is 0.237 e. The minimum Gasteiger partial charge on any atom is -0.274 e. The maximum absolute atomic E-state index is 12.7. The van der Waals surface area contributed by atoms with E-state index in [-0.39, 0.29) is 23.9 Å². The van der Waals surface area contributed by atoms with Gasteiger partial charge >= 0.3 is 0 Å². The van der Waals surface area contributed by atoms with Crippen LogP contribution in [0.1, 0.15) is 39.4 Å². The van der Waals surface area contributed by atoms with Gasteiger partial charge in [-0.15, -0.1) is 0 Å². The minimum atomic E-state index is -0.450. The van der Waals surface area contributed by atoms with Gasteiger partial charge in [-0.05, 0) is 32.9 Å². The quantitative estimate of drug-likeness (QED) is 0.773. The average Bonchev–Trinajstić information content (AvgIpc) is 3.07. The van der Waals surface area contributed by atoms with Gasteiger partial charge in [-0.3, -0.25) is 14.5 Å². The lowest BCUT2D eigenvalue weighted by molar-refractivity contribution is -0.141. The van der Waals surface area contributed by atoms with Crippen LogP contribution in [0.2, 0.25) is 0 Å². The van der Waals surface area contributed by atoms with E-state index < -0.39 is 5.41 Å². The fourth-order valence-electron chi connectivity index (χ4n) is 3.01. The van der Waals surface area contributed by atoms with Crippen LogP contribution in [0.5, 0.6) is 0 Å². The molecule has 0 aromatic carbocycles. The maximum atomic E-state index is 12.7. The molecule has 1 spiro atoms. The number of carbonyl (C=O) groups is 2. The first kappa shape index (κ1) is 14.6. The van der Waals surface area contributed by atoms with Gasteiger partial charge in [-0.1, -0.05) is 0 Å². The van der Waals surface area contributed by atoms with E-state index in [0.717, 1.165) is 17.9 Å². The zero-order valence-electron chi connectivity index (χ0n) is 12.6. The van der Waals surface area contributed by atoms with Crippen molar-refractivity contribution in [1.29, 1.82) is 0 Å². The van der Waals surface area contributed by atoms with Crippen LogP contribution >= 0.6 is 11.8 Å². The van der Waals surface area contributed by atoms with Gasteiger partial charge in [0.15, 0.2) is 0 Å². The Morgan fingerprint density at radius 2 is 2.14 bits per heavy atom. The fraction of sp³-hybridized carbons (Fsp3) is 0.714. The molecule has 1 aromatic rings. The molecule has 0 radical (unpaired) electrons. The largest absolute Gasteiger partial charge is 0.274 e. The summed E-state index contributed by atoms with van der Waals surface area (Å²) in [5.74, 6) is 2.28. The van der Waals surface area contributed by atoms with Crippen molar-refractivity contribution in [3.63, 3.8) is 0 Å². The van der Waals surface area contributed by atoms with E-state index in [1.807, 2.05) is 20.8 Å². The van der Waals surface area contributed by atoms with Crippen molar-refractivity contribution in [1.82, 2.24) is 19.7 Å². The molecule has 3 rings (SSSR count). The van der Waals surface area contributed by atoms with E-state index in [1.54, 1.807) is 16.4 Å². The average molecular weight is 308 g/mol. The normalized spacial score (nSPS) is 26.3. The second-order valence-corrected chi connectivity index (χ2v) is 7.91. The molecule has 0 N–H and O–H groups in total. The van der Waals surface area contributed by atoms with Gasteiger partial charge in [0.25, 0.3) is 0 Å². The number of hydrogen-bond donors (Lipinski definition) is 0. The second kappa shape index (κ2) is 4.83. The molecule has 0 aliphatic carbocycles. The van der Waals surface area contributed by atoms with Crippen molar-refractivity contribution in [2.75, 3.05) is 11.5 Å². The summed E-state index contributed by atoms with van der Waals surface area (Å²) >= 11 is 1.76. The van der Waals surface area contributed by atoms with E-state index in [9.17, 15) is 9.59 Å². The summed E-state index contributed by atoms with van der Waals surface area (Å²) in [6.07, 6.45) is 2.64. The minimum absolute atomic E-state index is 0.0269. The first-order valence-corrected chi connectivity index (χ1v) is 8.31. The highest BCUT2D eigenvalue weighted by Gasteiger charge is 2.53. The van der Waals surface area contributed by atoms with Crippen molar-refractivity contribution in [2.24, 2.45) is 5.41 Å². The molecular formula is C14H20N4O2S. The number of likely N-dealkylation sites (tertiary alicyclic amines) is 1. The Labute approximate surface area is 128 Å². The molecule has 0 bridgehead atoms. The van der Waals surface area contributed by atoms with Gasteiger partial charge in [0.1, 0.15) is 12.2 Å². The lowest BCUT2D eigenvalue weighted by atomic mass is 9.86. The van der Waals surface area contributed by atoms with Gasteiger partial charge in [-0.2, -0.15) is 16.9 Å². The van der Waals surface area contributed by atoms with Crippen LogP contribution in [-0.2, 0) is 21.7 Å². The summed E-state index contributed by atoms with van der Waals surface area (Å²) in [5, 5.41) is 4.22. The Kier molecular flexibility index (Phi) is 3.35. The molecule has 3 heterocycles. The first-order valence-electron chi connectivity index (χ1n) is 7.15. The monoisotopic (exact) mass is 308 g/mol. The number of carbonyl (C=O) groups excluding carboxylic acids is 2. The van der Waals surface area contributed by atoms with Crippen LogP contribution in [0.25, 0.3) is 0 Å². The highest BCUT2D eigenvalue weighted by molar-refractivity contribution is 7.99. The van der Waals surface area contributed by atoms with E-state index in [1.165, 1.54) is 11.2 Å². The molecule has 2 aliphatic heterocycles. The van der Waals surface area contributed by atoms with Crippen LogP contribution in [0.3, 0.4) is 0 Å². The summed E-state index contributed by atoms with van der Waals surface area (Å²) in [6.45, 7) is 6.29. The van der Waals surface area contributed by atoms with Crippen molar-refractivity contribution in [2.45, 2.75) is 45.7 Å². The predicted molar refractivity (Wildman–Crippen MR) is 79.6 cm³/mol. The van der Waals surface area contributed by atoms with Gasteiger partial charge in [0.05, 0.1) is 17.5 Å². The molecular weight excluding hydrogens is 288 g/mol. The van der Waals surface area contributed by atoms with Crippen LogP contribution in [0.15, 0.2) is 6.33 Å². The molecule has 2 saturated heterocycles. The summed E-state index contributed by atoms with van der Waals surface area (Å²) in [6, 6.07) is 0. The van der Waals surface area contributed by atoms with E-state index >= 15 is 0 Å². The summed E-state index contributed by atoms with van der Waals surface area (Å²) < 4.78 is 1.78. The molecule has 1 unspecified atom stereocenters. The SMILES string of the molecule is CC(C)(C)n1ncnc1CN1C(=O)CC2(CCSC2)C1=O. The number of aromatic nitrogens is 3. The highest BCUT2D eigenvalue weighted by atomic mass is 32.2. The standard InChI is InChI=1S/C14H20N4O2S/c1-13(2,3)18-10(15-9-16-18)7-17-11(19)6-14(12(17)20)4-5-21-8-14/h9H,4-8H2,1-3H3. The van der Waals surface area contributed by atoms with Crippen molar-refractivity contribution in [3.05, 3.63) is 12.2 Å². The number of rotatable bonds is 2. The number of hydrogen-bond acceptors (Lipinski definition) is 5. The first-order chi connectivity index (χ1) is 9.83. The third-order valence-corrected chi connectivity index (χ3v) is 5.40. The number of nitrogens with zero attached hydrogens (tertiary/aromatic N) is 4. The molecule has 2 amide bonds. The zero-order chi connectivity index (χ0) is 15.3. The van der Waals surface area contributed by atoms with Crippen LogP contribution in [-0.4, -0.2) is 43.0 Å². The lowest BCUT2D eigenvalue weighted by Gasteiger charge is -2.24. The van der Waals surface area contributed by atoms with Crippen molar-refractivity contribution in [3.8, 4) is 0 Å². The van der Waals surface area contributed by atoms with Crippen LogP contribution in [0.4, 0.5) is 0 Å². The smallest absolute Gasteiger partial charge is 0.237 e. The van der Waals surface area contributed by atoms with Gasteiger partial charge in [0.2, 0.25) is 11.8 Å². The topological polar surface area (TPSA) is 68.1 Å². The molecule has 0 saturated carbocycles. The molecule has 1 aromatic heterocycles. The molecule has 7 heteroatoms. The summed E-state index contributed by atoms with van der Waals surface area (Å²) in [5.41, 5.74) is -0.674. The van der Waals surface area contributed by atoms with E-state index in [2.05, 4.69) is 10.1 Å². The highest BCUT2D eigenvalue weighted by Crippen LogP contribution is 2.45. The fourth-order valence-corrected chi connectivity index (χ4v) is 4.45. The molecule has 2 aliphatic rings. The Hall–Kier alpha value is -1.37. The predicted octanol–water partition coefficient (Wildman–Crippen LogP) is 1.42. The van der Waals surface area contributed by atoms with Crippen LogP contribution in [0, 0.1) is 5.41 Å². The zero-order valence-corrected chi connectivity index (χ0v) is 13.4. The molecule has 6 nitrogen and oxygen atoms in total. The number of amides is 2. The molecule has 21 heavy (non-hydrogen) atoms. The Morgan fingerprint density at radius 3 is 2.76 bits per heavy atom. The molecule has 2 fully saturated rings. The van der Waals surface area contributed by atoms with Gasteiger partial charge in [0, 0.05) is 12.2 Å². The third-order valence-electron chi connectivity index (χ3n) is 4.15. The van der Waals surface area contributed by atoms with Crippen LogP contribution < -0.4 is 0 Å². The molecule has 114 valence electrons.